The summed E-state index contributed by atoms with van der Waals surface area (Å²) in [4.78, 5) is 6.81. The van der Waals surface area contributed by atoms with Gasteiger partial charge in [0.2, 0.25) is 0 Å². The highest BCUT2D eigenvalue weighted by Crippen LogP contribution is 1.95. The fraction of sp³-hybridized carbons (Fsp3) is 0.909. The summed E-state index contributed by atoms with van der Waals surface area (Å²) in [5, 5.41) is 6.60. The number of hydrogen-bond donors (Lipinski definition) is 2. The van der Waals surface area contributed by atoms with E-state index in [-0.39, 0.29) is 24.0 Å². The van der Waals surface area contributed by atoms with Crippen LogP contribution >= 0.6 is 24.0 Å². The van der Waals surface area contributed by atoms with E-state index in [9.17, 15) is 0 Å². The average molecular weight is 340 g/mol. The minimum absolute atomic E-state index is 0. The lowest BCUT2D eigenvalue weighted by Crippen LogP contribution is -2.44. The smallest absolute Gasteiger partial charge is 0.191 e. The Morgan fingerprint density at radius 3 is 2.75 bits per heavy atom. The van der Waals surface area contributed by atoms with Crippen molar-refractivity contribution in [3.05, 3.63) is 0 Å². The monoisotopic (exact) mass is 340 g/mol. The van der Waals surface area contributed by atoms with Crippen molar-refractivity contribution >= 4 is 29.9 Å². The zero-order valence-corrected chi connectivity index (χ0v) is 13.0. The van der Waals surface area contributed by atoms with Crippen molar-refractivity contribution in [1.29, 1.82) is 0 Å². The van der Waals surface area contributed by atoms with E-state index >= 15 is 0 Å². The Kier molecular flexibility index (Phi) is 9.02. The maximum absolute atomic E-state index is 4.37. The number of nitrogens with one attached hydrogen (secondary N) is 2. The summed E-state index contributed by atoms with van der Waals surface area (Å²) in [7, 11) is 0. The standard InChI is InChI=1S/C11H24N4.HI/c1-4-15(10(2)3)9-8-14-11-12-6-5-7-13-11;/h10H,4-9H2,1-3H3,(H2,12,13,14);1H. The zero-order valence-electron chi connectivity index (χ0n) is 10.6. The Balaban J connectivity index is 0.00000225. The minimum atomic E-state index is 0. The van der Waals surface area contributed by atoms with Crippen LogP contribution in [0.1, 0.15) is 27.2 Å². The molecular formula is C11H25IN4. The molecule has 2 N–H and O–H groups in total. The lowest BCUT2D eigenvalue weighted by molar-refractivity contribution is 0.237. The molecule has 0 saturated carbocycles. The van der Waals surface area contributed by atoms with E-state index in [0.717, 1.165) is 45.1 Å². The van der Waals surface area contributed by atoms with Gasteiger partial charge in [0.25, 0.3) is 0 Å². The molecule has 0 aromatic rings. The summed E-state index contributed by atoms with van der Waals surface area (Å²) < 4.78 is 0. The van der Waals surface area contributed by atoms with Crippen LogP contribution in [-0.4, -0.2) is 49.6 Å². The van der Waals surface area contributed by atoms with E-state index in [1.165, 1.54) is 0 Å². The van der Waals surface area contributed by atoms with Gasteiger partial charge in [-0.3, -0.25) is 9.89 Å². The Labute approximate surface area is 116 Å². The fourth-order valence-electron chi connectivity index (χ4n) is 1.75. The van der Waals surface area contributed by atoms with Crippen molar-refractivity contribution < 1.29 is 0 Å². The Morgan fingerprint density at radius 1 is 1.50 bits per heavy atom. The number of likely N-dealkylation sites (N-methyl/N-ethyl adjacent to an activating group) is 1. The first kappa shape index (κ1) is 16.0. The third-order valence-electron chi connectivity index (χ3n) is 2.73. The van der Waals surface area contributed by atoms with Crippen LogP contribution in [0.25, 0.3) is 0 Å². The Morgan fingerprint density at radius 2 is 2.25 bits per heavy atom. The molecule has 1 aliphatic rings. The van der Waals surface area contributed by atoms with Crippen LogP contribution in [0.3, 0.4) is 0 Å². The number of aliphatic imine (C=N–C) groups is 1. The van der Waals surface area contributed by atoms with Crippen LogP contribution in [0.5, 0.6) is 0 Å². The van der Waals surface area contributed by atoms with Crippen molar-refractivity contribution in [2.75, 3.05) is 32.7 Å². The quantitative estimate of drug-likeness (QED) is 0.741. The van der Waals surface area contributed by atoms with Crippen LogP contribution in [0.4, 0.5) is 0 Å². The number of nitrogens with zero attached hydrogens (tertiary/aromatic N) is 2. The van der Waals surface area contributed by atoms with Crippen molar-refractivity contribution in [2.45, 2.75) is 33.2 Å². The summed E-state index contributed by atoms with van der Waals surface area (Å²) in [5.41, 5.74) is 0. The van der Waals surface area contributed by atoms with Crippen LogP contribution in [0.2, 0.25) is 0 Å². The van der Waals surface area contributed by atoms with Gasteiger partial charge in [0.05, 0.1) is 0 Å². The van der Waals surface area contributed by atoms with Gasteiger partial charge < -0.3 is 10.6 Å². The van der Waals surface area contributed by atoms with Gasteiger partial charge in [-0.25, -0.2) is 0 Å². The molecule has 0 spiro atoms. The van der Waals surface area contributed by atoms with E-state index in [1.807, 2.05) is 0 Å². The second kappa shape index (κ2) is 9.04. The molecule has 0 unspecified atom stereocenters. The normalized spacial score (nSPS) is 15.4. The highest BCUT2D eigenvalue weighted by Gasteiger charge is 2.07. The van der Waals surface area contributed by atoms with E-state index in [0.29, 0.717) is 6.04 Å². The first-order chi connectivity index (χ1) is 7.24. The number of guanidine groups is 1. The topological polar surface area (TPSA) is 39.7 Å². The number of halogens is 1. The molecule has 0 aliphatic carbocycles. The Hall–Kier alpha value is -0.0400. The first-order valence-corrected chi connectivity index (χ1v) is 6.00. The van der Waals surface area contributed by atoms with Crippen LogP contribution in [0, 0.1) is 0 Å². The minimum Gasteiger partial charge on any atom is -0.356 e. The molecule has 1 heterocycles. The van der Waals surface area contributed by atoms with Crippen LogP contribution < -0.4 is 10.6 Å². The van der Waals surface area contributed by atoms with Gasteiger partial charge in [-0.2, -0.15) is 0 Å². The second-order valence-corrected chi connectivity index (χ2v) is 4.16. The third-order valence-corrected chi connectivity index (χ3v) is 2.73. The lowest BCUT2D eigenvalue weighted by Gasteiger charge is -2.25. The third kappa shape index (κ3) is 5.89. The number of hydrogen-bond acceptors (Lipinski definition) is 4. The largest absolute Gasteiger partial charge is 0.356 e. The van der Waals surface area contributed by atoms with Gasteiger partial charge >= 0.3 is 0 Å². The van der Waals surface area contributed by atoms with Gasteiger partial charge in [-0.15, -0.1) is 24.0 Å². The Bertz CT molecular complexity index is 206. The molecule has 0 atom stereocenters. The zero-order chi connectivity index (χ0) is 11.1. The van der Waals surface area contributed by atoms with Crippen molar-refractivity contribution in [3.8, 4) is 0 Å². The highest BCUT2D eigenvalue weighted by molar-refractivity contribution is 14.0. The lowest BCUT2D eigenvalue weighted by atomic mass is 10.3. The summed E-state index contributed by atoms with van der Waals surface area (Å²) in [6.07, 6.45) is 1.15. The summed E-state index contributed by atoms with van der Waals surface area (Å²) >= 11 is 0. The summed E-state index contributed by atoms with van der Waals surface area (Å²) in [5.74, 6) is 0.973. The van der Waals surface area contributed by atoms with Gasteiger partial charge in [0, 0.05) is 32.2 Å². The van der Waals surface area contributed by atoms with Crippen LogP contribution in [-0.2, 0) is 0 Å². The molecule has 0 bridgehead atoms. The fourth-order valence-corrected chi connectivity index (χ4v) is 1.75. The van der Waals surface area contributed by atoms with Crippen LogP contribution in [0.15, 0.2) is 4.99 Å². The number of rotatable bonds is 5. The molecule has 1 aliphatic heterocycles. The molecular weight excluding hydrogens is 315 g/mol. The van der Waals surface area contributed by atoms with Gasteiger partial charge in [0.15, 0.2) is 5.96 Å². The highest BCUT2D eigenvalue weighted by atomic mass is 127. The first-order valence-electron chi connectivity index (χ1n) is 6.00. The SMILES string of the molecule is CCN(CCNC1=NCCCN1)C(C)C.I. The molecule has 0 amide bonds. The second-order valence-electron chi connectivity index (χ2n) is 4.16. The van der Waals surface area contributed by atoms with Gasteiger partial charge in [-0.05, 0) is 26.8 Å². The summed E-state index contributed by atoms with van der Waals surface area (Å²) in [6.45, 7) is 11.8. The van der Waals surface area contributed by atoms with E-state index < -0.39 is 0 Å². The molecule has 96 valence electrons. The molecule has 0 radical (unpaired) electrons. The predicted molar refractivity (Wildman–Crippen MR) is 80.7 cm³/mol. The van der Waals surface area contributed by atoms with E-state index in [2.05, 4.69) is 41.3 Å². The van der Waals surface area contributed by atoms with Gasteiger partial charge in [0.1, 0.15) is 0 Å². The summed E-state index contributed by atoms with van der Waals surface area (Å²) in [6, 6.07) is 0.623. The van der Waals surface area contributed by atoms with Crippen molar-refractivity contribution in [3.63, 3.8) is 0 Å². The molecule has 16 heavy (non-hydrogen) atoms. The maximum Gasteiger partial charge on any atom is 0.191 e. The molecule has 4 nitrogen and oxygen atoms in total. The van der Waals surface area contributed by atoms with Crippen molar-refractivity contribution in [2.24, 2.45) is 4.99 Å². The molecule has 0 saturated heterocycles. The molecule has 0 aromatic carbocycles. The predicted octanol–water partition coefficient (Wildman–Crippen LogP) is 1.27. The average Bonchev–Trinajstić information content (AvgIpc) is 2.25. The maximum atomic E-state index is 4.37. The molecule has 0 aromatic heterocycles. The molecule has 1 rings (SSSR count). The van der Waals surface area contributed by atoms with E-state index in [1.54, 1.807) is 0 Å². The molecule has 0 fully saturated rings. The van der Waals surface area contributed by atoms with E-state index in [4.69, 9.17) is 0 Å². The van der Waals surface area contributed by atoms with Gasteiger partial charge in [-0.1, -0.05) is 6.92 Å². The van der Waals surface area contributed by atoms with Crippen molar-refractivity contribution in [1.82, 2.24) is 15.5 Å². The molecule has 5 heteroatoms.